The Morgan fingerprint density at radius 3 is 2.12 bits per heavy atom. The zero-order valence-electron chi connectivity index (χ0n) is 24.3. The minimum Gasteiger partial charge on any atom is -0.457 e. The number of pyridine rings is 1. The molecule has 0 radical (unpaired) electrons. The molecule has 2 aromatic carbocycles. The molecule has 0 aliphatic carbocycles. The first-order valence-corrected chi connectivity index (χ1v) is 15.6. The van der Waals surface area contributed by atoms with Gasteiger partial charge in [-0.25, -0.2) is 13.2 Å². The molecule has 4 rings (SSSR count). The summed E-state index contributed by atoms with van der Waals surface area (Å²) in [5.74, 6) is 1.34. The lowest BCUT2D eigenvalue weighted by atomic mass is 10.0. The molecule has 1 aliphatic heterocycles. The maximum atomic E-state index is 13.1. The van der Waals surface area contributed by atoms with Gasteiger partial charge in [0.05, 0.1) is 18.1 Å². The maximum Gasteiger partial charge on any atom is 0.322 e. The SMILES string of the molecule is CCCCN(C(=O)Nc1ccc(C)nc1)C1CCN(Cc2ccc(Oc3ccc(NS(C)(=O)=O)cc3)cc2)CC1.Cl.Cl. The van der Waals surface area contributed by atoms with E-state index in [1.54, 1.807) is 30.5 Å². The number of carbonyl (C=O) groups is 1. The molecule has 2 amide bonds. The Morgan fingerprint density at radius 1 is 0.976 bits per heavy atom. The number of aromatic nitrogens is 1. The van der Waals surface area contributed by atoms with Gasteiger partial charge in [0.1, 0.15) is 11.5 Å². The predicted octanol–water partition coefficient (Wildman–Crippen LogP) is 6.70. The van der Waals surface area contributed by atoms with Gasteiger partial charge in [0, 0.05) is 43.6 Å². The molecule has 9 nitrogen and oxygen atoms in total. The van der Waals surface area contributed by atoms with Crippen molar-refractivity contribution in [2.24, 2.45) is 0 Å². The number of carbonyl (C=O) groups excluding carboxylic acids is 1. The van der Waals surface area contributed by atoms with Gasteiger partial charge in [0.2, 0.25) is 10.0 Å². The molecule has 0 saturated carbocycles. The number of nitrogens with one attached hydrogen (secondary N) is 2. The second-order valence-electron chi connectivity index (χ2n) is 10.3. The smallest absolute Gasteiger partial charge is 0.322 e. The van der Waals surface area contributed by atoms with Gasteiger partial charge in [-0.15, -0.1) is 24.8 Å². The number of hydrogen-bond acceptors (Lipinski definition) is 6. The molecule has 0 bridgehead atoms. The number of rotatable bonds is 11. The van der Waals surface area contributed by atoms with Crippen molar-refractivity contribution in [1.82, 2.24) is 14.8 Å². The van der Waals surface area contributed by atoms with Crippen LogP contribution in [0.4, 0.5) is 16.2 Å². The number of sulfonamides is 1. The quantitative estimate of drug-likeness (QED) is 0.243. The molecule has 0 unspecified atom stereocenters. The Bertz CT molecular complexity index is 1350. The fourth-order valence-corrected chi connectivity index (χ4v) is 5.33. The summed E-state index contributed by atoms with van der Waals surface area (Å²) in [4.78, 5) is 21.9. The van der Waals surface area contributed by atoms with Gasteiger partial charge in [0.15, 0.2) is 0 Å². The van der Waals surface area contributed by atoms with Crippen LogP contribution in [0.25, 0.3) is 0 Å². The second kappa shape index (κ2) is 16.6. The highest BCUT2D eigenvalue weighted by Gasteiger charge is 2.28. The summed E-state index contributed by atoms with van der Waals surface area (Å²) < 4.78 is 31.1. The zero-order chi connectivity index (χ0) is 28.5. The van der Waals surface area contributed by atoms with E-state index in [0.29, 0.717) is 17.2 Å². The van der Waals surface area contributed by atoms with E-state index in [-0.39, 0.29) is 36.9 Å². The number of benzene rings is 2. The van der Waals surface area contributed by atoms with Crippen molar-refractivity contribution in [3.05, 3.63) is 78.1 Å². The lowest BCUT2D eigenvalue weighted by Gasteiger charge is -2.38. The van der Waals surface area contributed by atoms with E-state index in [1.165, 1.54) is 5.56 Å². The number of likely N-dealkylation sites (tertiary alicyclic amines) is 1. The van der Waals surface area contributed by atoms with Crippen LogP contribution in [0, 0.1) is 6.92 Å². The van der Waals surface area contributed by atoms with Crippen molar-refractivity contribution in [3.8, 4) is 11.5 Å². The van der Waals surface area contributed by atoms with Crippen LogP contribution in [0.15, 0.2) is 66.9 Å². The third-order valence-corrected chi connectivity index (χ3v) is 7.50. The maximum absolute atomic E-state index is 13.1. The van der Waals surface area contributed by atoms with Crippen molar-refractivity contribution >= 4 is 52.2 Å². The highest BCUT2D eigenvalue weighted by atomic mass is 35.5. The number of unbranched alkanes of at least 4 members (excludes halogenated alkanes) is 1. The zero-order valence-corrected chi connectivity index (χ0v) is 26.7. The lowest BCUT2D eigenvalue weighted by Crippen LogP contribution is -2.49. The van der Waals surface area contributed by atoms with E-state index in [1.807, 2.05) is 36.1 Å². The first kappa shape index (κ1) is 35.1. The van der Waals surface area contributed by atoms with Crippen LogP contribution >= 0.6 is 24.8 Å². The molecule has 42 heavy (non-hydrogen) atoms. The fourth-order valence-electron chi connectivity index (χ4n) is 4.77. The molecule has 1 aliphatic rings. The van der Waals surface area contributed by atoms with Crippen LogP contribution in [0.1, 0.15) is 43.9 Å². The number of amides is 2. The number of piperidine rings is 1. The third-order valence-electron chi connectivity index (χ3n) is 6.90. The molecule has 2 N–H and O–H groups in total. The van der Waals surface area contributed by atoms with Crippen molar-refractivity contribution in [2.45, 2.75) is 52.1 Å². The first-order chi connectivity index (χ1) is 19.2. The number of anilines is 2. The monoisotopic (exact) mass is 637 g/mol. The predicted molar refractivity (Wildman–Crippen MR) is 174 cm³/mol. The molecule has 0 spiro atoms. The van der Waals surface area contributed by atoms with Crippen LogP contribution in [0.2, 0.25) is 0 Å². The fraction of sp³-hybridized carbons (Fsp3) is 0.400. The van der Waals surface area contributed by atoms with E-state index in [9.17, 15) is 13.2 Å². The summed E-state index contributed by atoms with van der Waals surface area (Å²) in [6.07, 6.45) is 6.73. The van der Waals surface area contributed by atoms with Gasteiger partial charge >= 0.3 is 6.03 Å². The number of urea groups is 1. The molecular formula is C30H41Cl2N5O4S. The molecule has 12 heteroatoms. The van der Waals surface area contributed by atoms with E-state index in [2.05, 4.69) is 39.0 Å². The summed E-state index contributed by atoms with van der Waals surface area (Å²) >= 11 is 0. The van der Waals surface area contributed by atoms with Crippen molar-refractivity contribution < 1.29 is 17.9 Å². The van der Waals surface area contributed by atoms with Crippen LogP contribution in [0.3, 0.4) is 0 Å². The Hall–Kier alpha value is -3.05. The van der Waals surface area contributed by atoms with Crippen molar-refractivity contribution in [3.63, 3.8) is 0 Å². The normalized spacial score (nSPS) is 13.8. The molecular weight excluding hydrogens is 597 g/mol. The summed E-state index contributed by atoms with van der Waals surface area (Å²) in [6.45, 7) is 7.53. The minimum absolute atomic E-state index is 0. The van der Waals surface area contributed by atoms with Crippen LogP contribution < -0.4 is 14.8 Å². The lowest BCUT2D eigenvalue weighted by molar-refractivity contribution is 0.122. The summed E-state index contributed by atoms with van der Waals surface area (Å²) in [7, 11) is -3.31. The average Bonchev–Trinajstić information content (AvgIpc) is 2.92. The second-order valence-corrected chi connectivity index (χ2v) is 12.1. The molecule has 230 valence electrons. The molecule has 1 fully saturated rings. The highest BCUT2D eigenvalue weighted by molar-refractivity contribution is 7.92. The number of hydrogen-bond donors (Lipinski definition) is 2. The Balaban J connectivity index is 0.00000308. The van der Waals surface area contributed by atoms with Gasteiger partial charge in [-0.3, -0.25) is 14.6 Å². The van der Waals surface area contributed by atoms with Crippen LogP contribution in [-0.2, 0) is 16.6 Å². The number of ether oxygens (including phenoxy) is 1. The minimum atomic E-state index is -3.31. The van der Waals surface area contributed by atoms with E-state index < -0.39 is 10.0 Å². The summed E-state index contributed by atoms with van der Waals surface area (Å²) in [6, 6.07) is 18.8. The number of aryl methyl sites for hydroxylation is 1. The van der Waals surface area contributed by atoms with Crippen molar-refractivity contribution in [1.29, 1.82) is 0 Å². The van der Waals surface area contributed by atoms with Gasteiger partial charge < -0.3 is 15.0 Å². The molecule has 0 atom stereocenters. The number of nitrogens with zero attached hydrogens (tertiary/aromatic N) is 3. The van der Waals surface area contributed by atoms with Gasteiger partial charge in [0.25, 0.3) is 0 Å². The van der Waals surface area contributed by atoms with Gasteiger partial charge in [-0.1, -0.05) is 25.5 Å². The largest absolute Gasteiger partial charge is 0.457 e. The molecule has 3 aromatic rings. The molecule has 1 aromatic heterocycles. The third kappa shape index (κ3) is 11.0. The Kier molecular flexibility index (Phi) is 13.9. The van der Waals surface area contributed by atoms with Gasteiger partial charge in [-0.2, -0.15) is 0 Å². The highest BCUT2D eigenvalue weighted by Crippen LogP contribution is 2.25. The van der Waals surface area contributed by atoms with Gasteiger partial charge in [-0.05, 0) is 80.3 Å². The van der Waals surface area contributed by atoms with Crippen molar-refractivity contribution in [2.75, 3.05) is 35.9 Å². The number of halogens is 2. The van der Waals surface area contributed by atoms with E-state index >= 15 is 0 Å². The summed E-state index contributed by atoms with van der Waals surface area (Å²) in [5.41, 5.74) is 3.34. The van der Waals surface area contributed by atoms with E-state index in [4.69, 9.17) is 4.74 Å². The molecule has 1 saturated heterocycles. The summed E-state index contributed by atoms with van der Waals surface area (Å²) in [5, 5.41) is 3.03. The topological polar surface area (TPSA) is 104 Å². The average molecular weight is 639 g/mol. The van der Waals surface area contributed by atoms with Crippen LogP contribution in [0.5, 0.6) is 11.5 Å². The molecule has 2 heterocycles. The Labute approximate surface area is 261 Å². The first-order valence-electron chi connectivity index (χ1n) is 13.8. The van der Waals surface area contributed by atoms with E-state index in [0.717, 1.165) is 69.5 Å². The van der Waals surface area contributed by atoms with Crippen LogP contribution in [-0.4, -0.2) is 61.2 Å². The standard InChI is InChI=1S/C30H39N5O4S.2ClH/c1-4-5-18-35(30(36)32-26-9-6-23(2)31-21-26)27-16-19-34(20-17-27)22-24-7-12-28(13-8-24)39-29-14-10-25(11-15-29)33-40(3,37)38;;/h6-15,21,27,33H,4-5,16-20,22H2,1-3H3,(H,32,36);2*1H. The Morgan fingerprint density at radius 2 is 1.57 bits per heavy atom.